The maximum absolute atomic E-state index is 5.90. The molecule has 8 heteroatoms. The van der Waals surface area contributed by atoms with Gasteiger partial charge in [-0.1, -0.05) is 23.4 Å². The fraction of sp³-hybridized carbons (Fsp3) is 0.211. The number of thioether (sulfide) groups is 1. The second kappa shape index (κ2) is 8.02. The summed E-state index contributed by atoms with van der Waals surface area (Å²) in [6.45, 7) is 2.89. The molecule has 0 radical (unpaired) electrons. The molecule has 27 heavy (non-hydrogen) atoms. The molecule has 0 amide bonds. The predicted octanol–water partition coefficient (Wildman–Crippen LogP) is 4.27. The molecular weight excluding hydrogens is 384 g/mol. The average molecular weight is 401 g/mol. The predicted molar refractivity (Wildman–Crippen MR) is 106 cm³/mol. The van der Waals surface area contributed by atoms with Crippen molar-refractivity contribution in [2.24, 2.45) is 5.10 Å². The van der Waals surface area contributed by atoms with Crippen LogP contribution in [0, 0.1) is 0 Å². The van der Waals surface area contributed by atoms with E-state index in [-0.39, 0.29) is 6.61 Å². The van der Waals surface area contributed by atoms with Gasteiger partial charge in [0.15, 0.2) is 5.82 Å². The number of halogens is 1. The molecule has 0 atom stereocenters. The van der Waals surface area contributed by atoms with Crippen molar-refractivity contribution in [1.29, 1.82) is 0 Å². The van der Waals surface area contributed by atoms with E-state index in [1.165, 1.54) is 0 Å². The molecule has 0 spiro atoms. The highest BCUT2D eigenvalue weighted by molar-refractivity contribution is 7.99. The standard InChI is InChI=1S/C19H17ClN4O2S/c1-2-25-15-7-3-13(4-8-15)17-12-27-19-22-21-18(24(19)23-17)11-26-16-9-5-14(20)6-10-16/h3-10H,2,11-12H2,1H3. The fourth-order valence-corrected chi connectivity index (χ4v) is 3.57. The first kappa shape index (κ1) is 17.9. The van der Waals surface area contributed by atoms with Crippen molar-refractivity contribution < 1.29 is 9.47 Å². The Labute approximate surface area is 166 Å². The zero-order valence-electron chi connectivity index (χ0n) is 14.6. The Morgan fingerprint density at radius 2 is 1.70 bits per heavy atom. The molecule has 2 heterocycles. The Balaban J connectivity index is 1.52. The molecule has 0 unspecified atom stereocenters. The summed E-state index contributed by atoms with van der Waals surface area (Å²) in [5.41, 5.74) is 2.01. The van der Waals surface area contributed by atoms with Crippen LogP contribution in [0.3, 0.4) is 0 Å². The zero-order valence-corrected chi connectivity index (χ0v) is 16.2. The highest BCUT2D eigenvalue weighted by Gasteiger charge is 2.20. The summed E-state index contributed by atoms with van der Waals surface area (Å²) >= 11 is 7.50. The molecule has 2 aromatic carbocycles. The van der Waals surface area contributed by atoms with E-state index < -0.39 is 0 Å². The van der Waals surface area contributed by atoms with Crippen molar-refractivity contribution >= 4 is 29.1 Å². The molecule has 1 aliphatic heterocycles. The number of hydrogen-bond donors (Lipinski definition) is 0. The molecule has 0 bridgehead atoms. The van der Waals surface area contributed by atoms with Crippen molar-refractivity contribution in [3.05, 3.63) is 64.9 Å². The van der Waals surface area contributed by atoms with E-state index in [9.17, 15) is 0 Å². The van der Waals surface area contributed by atoms with E-state index in [1.54, 1.807) is 28.6 Å². The van der Waals surface area contributed by atoms with Gasteiger partial charge in [0.2, 0.25) is 5.16 Å². The highest BCUT2D eigenvalue weighted by atomic mass is 35.5. The van der Waals surface area contributed by atoms with Crippen LogP contribution in [0.25, 0.3) is 0 Å². The van der Waals surface area contributed by atoms with Crippen LogP contribution in [0.4, 0.5) is 0 Å². The molecule has 1 aromatic heterocycles. The molecule has 3 aromatic rings. The molecular formula is C19H17ClN4O2S. The summed E-state index contributed by atoms with van der Waals surface area (Å²) in [6, 6.07) is 15.2. The lowest BCUT2D eigenvalue weighted by molar-refractivity contribution is 0.290. The SMILES string of the molecule is CCOc1ccc(C2=Nn3c(COc4ccc(Cl)cc4)nnc3SC2)cc1. The minimum absolute atomic E-state index is 0.273. The van der Waals surface area contributed by atoms with Gasteiger partial charge in [-0.3, -0.25) is 0 Å². The van der Waals surface area contributed by atoms with Crippen LogP contribution >= 0.6 is 23.4 Å². The molecule has 4 rings (SSSR count). The smallest absolute Gasteiger partial charge is 0.212 e. The van der Waals surface area contributed by atoms with Crippen molar-refractivity contribution in [2.75, 3.05) is 12.4 Å². The number of benzene rings is 2. The maximum atomic E-state index is 5.90. The number of fused-ring (bicyclic) bond motifs is 1. The van der Waals surface area contributed by atoms with E-state index in [0.29, 0.717) is 17.5 Å². The van der Waals surface area contributed by atoms with Crippen molar-refractivity contribution in [1.82, 2.24) is 14.9 Å². The highest BCUT2D eigenvalue weighted by Crippen LogP contribution is 2.25. The third kappa shape index (κ3) is 4.09. The van der Waals surface area contributed by atoms with Gasteiger partial charge in [0, 0.05) is 10.8 Å². The third-order valence-corrected chi connectivity index (χ3v) is 5.10. The number of ether oxygens (including phenoxy) is 2. The van der Waals surface area contributed by atoms with Crippen LogP contribution < -0.4 is 9.47 Å². The van der Waals surface area contributed by atoms with Crippen LogP contribution in [0.15, 0.2) is 58.8 Å². The van der Waals surface area contributed by atoms with Crippen LogP contribution in [-0.2, 0) is 6.61 Å². The van der Waals surface area contributed by atoms with Gasteiger partial charge in [-0.2, -0.15) is 9.78 Å². The minimum Gasteiger partial charge on any atom is -0.494 e. The second-order valence-electron chi connectivity index (χ2n) is 5.75. The first-order valence-electron chi connectivity index (χ1n) is 8.49. The molecule has 0 N–H and O–H groups in total. The number of hydrogen-bond acceptors (Lipinski definition) is 6. The summed E-state index contributed by atoms with van der Waals surface area (Å²) in [6.07, 6.45) is 0. The minimum atomic E-state index is 0.273. The van der Waals surface area contributed by atoms with Crippen molar-refractivity contribution in [3.8, 4) is 11.5 Å². The molecule has 6 nitrogen and oxygen atoms in total. The quantitative estimate of drug-likeness (QED) is 0.618. The summed E-state index contributed by atoms with van der Waals surface area (Å²) in [4.78, 5) is 0. The molecule has 0 saturated carbocycles. The van der Waals surface area contributed by atoms with Crippen LogP contribution in [-0.4, -0.2) is 32.9 Å². The Kier molecular flexibility index (Phi) is 5.31. The molecule has 0 fully saturated rings. The van der Waals surface area contributed by atoms with Gasteiger partial charge in [-0.05, 0) is 61.0 Å². The fourth-order valence-electron chi connectivity index (χ4n) is 2.59. The van der Waals surface area contributed by atoms with Gasteiger partial charge in [-0.25, -0.2) is 0 Å². The number of nitrogens with zero attached hydrogens (tertiary/aromatic N) is 4. The van der Waals surface area contributed by atoms with Gasteiger partial charge >= 0.3 is 0 Å². The van der Waals surface area contributed by atoms with Crippen LogP contribution in [0.1, 0.15) is 18.3 Å². The van der Waals surface area contributed by atoms with E-state index in [1.807, 2.05) is 43.3 Å². The van der Waals surface area contributed by atoms with Crippen LogP contribution in [0.5, 0.6) is 11.5 Å². The monoisotopic (exact) mass is 400 g/mol. The summed E-state index contributed by atoms with van der Waals surface area (Å²) < 4.78 is 13.0. The average Bonchev–Trinajstić information content (AvgIpc) is 3.11. The molecule has 138 valence electrons. The zero-order chi connectivity index (χ0) is 18.6. The van der Waals surface area contributed by atoms with E-state index in [4.69, 9.17) is 26.2 Å². The number of aromatic nitrogens is 3. The Hall–Kier alpha value is -2.51. The Morgan fingerprint density at radius 1 is 1.00 bits per heavy atom. The summed E-state index contributed by atoms with van der Waals surface area (Å²) in [5, 5.41) is 14.6. The van der Waals surface area contributed by atoms with E-state index in [2.05, 4.69) is 10.2 Å². The lowest BCUT2D eigenvalue weighted by Gasteiger charge is -2.14. The van der Waals surface area contributed by atoms with Gasteiger partial charge in [-0.15, -0.1) is 10.2 Å². The molecule has 1 aliphatic rings. The normalized spacial score (nSPS) is 13.0. The van der Waals surface area contributed by atoms with Gasteiger partial charge in [0.05, 0.1) is 12.3 Å². The van der Waals surface area contributed by atoms with E-state index in [0.717, 1.165) is 33.7 Å². The second-order valence-corrected chi connectivity index (χ2v) is 7.12. The van der Waals surface area contributed by atoms with Crippen molar-refractivity contribution in [2.45, 2.75) is 18.7 Å². The Bertz CT molecular complexity index is 955. The van der Waals surface area contributed by atoms with Gasteiger partial charge in [0.1, 0.15) is 18.1 Å². The molecule has 0 aliphatic carbocycles. The third-order valence-electron chi connectivity index (χ3n) is 3.92. The molecule has 0 saturated heterocycles. The first-order chi connectivity index (χ1) is 13.2. The van der Waals surface area contributed by atoms with Gasteiger partial charge < -0.3 is 9.47 Å². The summed E-state index contributed by atoms with van der Waals surface area (Å²) in [5.74, 6) is 2.96. The van der Waals surface area contributed by atoms with Crippen molar-refractivity contribution in [3.63, 3.8) is 0 Å². The van der Waals surface area contributed by atoms with Crippen LogP contribution in [0.2, 0.25) is 5.02 Å². The van der Waals surface area contributed by atoms with Gasteiger partial charge in [0.25, 0.3) is 0 Å². The lowest BCUT2D eigenvalue weighted by atomic mass is 10.1. The summed E-state index contributed by atoms with van der Waals surface area (Å²) in [7, 11) is 0. The number of rotatable bonds is 6. The largest absolute Gasteiger partial charge is 0.494 e. The lowest BCUT2D eigenvalue weighted by Crippen LogP contribution is -2.15. The Morgan fingerprint density at radius 3 is 2.44 bits per heavy atom. The first-order valence-corrected chi connectivity index (χ1v) is 9.86. The van der Waals surface area contributed by atoms with E-state index >= 15 is 0 Å². The topological polar surface area (TPSA) is 61.5 Å². The maximum Gasteiger partial charge on any atom is 0.212 e.